The highest BCUT2D eigenvalue weighted by molar-refractivity contribution is 5.39. The van der Waals surface area contributed by atoms with Crippen LogP contribution in [0.25, 0.3) is 0 Å². The third kappa shape index (κ3) is 4.20. The molecule has 0 aliphatic rings. The van der Waals surface area contributed by atoms with Gasteiger partial charge in [-0.05, 0) is 24.5 Å². The summed E-state index contributed by atoms with van der Waals surface area (Å²) in [6.45, 7) is 4.08. The van der Waals surface area contributed by atoms with Crippen LogP contribution in [0.5, 0.6) is 11.5 Å². The number of nitrogens with two attached hydrogens (primary N) is 1. The summed E-state index contributed by atoms with van der Waals surface area (Å²) >= 11 is 0. The van der Waals surface area contributed by atoms with Gasteiger partial charge in [-0.25, -0.2) is 0 Å². The van der Waals surface area contributed by atoms with Crippen molar-refractivity contribution in [3.8, 4) is 11.5 Å². The van der Waals surface area contributed by atoms with Gasteiger partial charge < -0.3 is 20.3 Å². The van der Waals surface area contributed by atoms with Crippen LogP contribution < -0.4 is 15.2 Å². The molecular weight excluding hydrogens is 230 g/mol. The molecule has 1 rings (SSSR count). The van der Waals surface area contributed by atoms with Gasteiger partial charge in [0.2, 0.25) is 0 Å². The van der Waals surface area contributed by atoms with Gasteiger partial charge in [0.25, 0.3) is 0 Å². The first kappa shape index (κ1) is 14.8. The second kappa shape index (κ2) is 7.24. The largest absolute Gasteiger partial charge is 0.493 e. The highest BCUT2D eigenvalue weighted by Crippen LogP contribution is 2.27. The molecule has 2 atom stereocenters. The van der Waals surface area contributed by atoms with E-state index in [0.29, 0.717) is 17.4 Å². The molecule has 0 amide bonds. The fourth-order valence-electron chi connectivity index (χ4n) is 1.84. The fourth-order valence-corrected chi connectivity index (χ4v) is 1.84. The monoisotopic (exact) mass is 253 g/mol. The van der Waals surface area contributed by atoms with E-state index >= 15 is 0 Å². The average molecular weight is 253 g/mol. The van der Waals surface area contributed by atoms with E-state index in [0.717, 1.165) is 6.42 Å². The number of hydrogen-bond acceptors (Lipinski definition) is 4. The second-order valence-corrected chi connectivity index (χ2v) is 4.78. The molecule has 0 radical (unpaired) electrons. The zero-order chi connectivity index (χ0) is 13.5. The molecule has 2 unspecified atom stereocenters. The van der Waals surface area contributed by atoms with Crippen molar-refractivity contribution in [2.24, 2.45) is 11.7 Å². The van der Waals surface area contributed by atoms with Crippen LogP contribution in [0, 0.1) is 5.92 Å². The minimum Gasteiger partial charge on any atom is -0.493 e. The Labute approximate surface area is 109 Å². The van der Waals surface area contributed by atoms with E-state index in [9.17, 15) is 5.11 Å². The maximum absolute atomic E-state index is 9.39. The average Bonchev–Trinajstić information content (AvgIpc) is 2.35. The molecule has 0 aromatic heterocycles. The van der Waals surface area contributed by atoms with Gasteiger partial charge in [-0.3, -0.25) is 0 Å². The van der Waals surface area contributed by atoms with Gasteiger partial charge in [-0.15, -0.1) is 0 Å². The Balaban J connectivity index is 2.73. The first-order chi connectivity index (χ1) is 8.58. The summed E-state index contributed by atoms with van der Waals surface area (Å²) in [4.78, 5) is 0. The zero-order valence-electron chi connectivity index (χ0n) is 11.3. The van der Waals surface area contributed by atoms with E-state index in [1.54, 1.807) is 7.11 Å². The lowest BCUT2D eigenvalue weighted by Gasteiger charge is -2.25. The van der Waals surface area contributed by atoms with Gasteiger partial charge >= 0.3 is 0 Å². The lowest BCUT2D eigenvalue weighted by atomic mass is 10.0. The maximum Gasteiger partial charge on any atom is 0.161 e. The number of rotatable bonds is 7. The molecule has 0 aliphatic heterocycles. The minimum absolute atomic E-state index is 0.105. The molecular formula is C14H23NO3. The predicted molar refractivity (Wildman–Crippen MR) is 71.9 cm³/mol. The number of methoxy groups -OCH3 is 1. The molecule has 1 aromatic carbocycles. The zero-order valence-corrected chi connectivity index (χ0v) is 11.3. The maximum atomic E-state index is 9.39. The number of aliphatic hydroxyl groups excluding tert-OH is 1. The third-order valence-corrected chi connectivity index (χ3v) is 2.75. The van der Waals surface area contributed by atoms with Gasteiger partial charge in [-0.2, -0.15) is 0 Å². The minimum atomic E-state index is -0.413. The van der Waals surface area contributed by atoms with Crippen LogP contribution in [-0.4, -0.2) is 31.0 Å². The van der Waals surface area contributed by atoms with Crippen molar-refractivity contribution < 1.29 is 14.6 Å². The van der Waals surface area contributed by atoms with Gasteiger partial charge in [0.05, 0.1) is 13.7 Å². The van der Waals surface area contributed by atoms with E-state index in [-0.39, 0.29) is 12.6 Å². The first-order valence-corrected chi connectivity index (χ1v) is 6.24. The normalized spacial score (nSPS) is 14.3. The third-order valence-electron chi connectivity index (χ3n) is 2.75. The van der Waals surface area contributed by atoms with Crippen LogP contribution in [0.4, 0.5) is 0 Å². The number of hydrogen-bond donors (Lipinski definition) is 2. The summed E-state index contributed by atoms with van der Waals surface area (Å²) in [6.07, 6.45) is 0.393. The first-order valence-electron chi connectivity index (χ1n) is 6.24. The molecule has 3 N–H and O–H groups in total. The number of aliphatic hydroxyl groups is 1. The lowest BCUT2D eigenvalue weighted by Crippen LogP contribution is -2.42. The second-order valence-electron chi connectivity index (χ2n) is 4.78. The van der Waals surface area contributed by atoms with Gasteiger partial charge in [-0.1, -0.05) is 26.0 Å². The van der Waals surface area contributed by atoms with Crippen molar-refractivity contribution in [3.63, 3.8) is 0 Å². The Morgan fingerprint density at radius 3 is 2.33 bits per heavy atom. The lowest BCUT2D eigenvalue weighted by molar-refractivity contribution is 0.0855. The highest BCUT2D eigenvalue weighted by atomic mass is 16.5. The molecule has 0 aliphatic carbocycles. The SMILES string of the molecule is COc1ccccc1OC(CO)C(N)CC(C)C. The van der Waals surface area contributed by atoms with Crippen LogP contribution in [0.2, 0.25) is 0 Å². The van der Waals surface area contributed by atoms with Gasteiger partial charge in [0.15, 0.2) is 11.5 Å². The van der Waals surface area contributed by atoms with Crippen molar-refractivity contribution in [2.75, 3.05) is 13.7 Å². The number of benzene rings is 1. The fraction of sp³-hybridized carbons (Fsp3) is 0.571. The summed E-state index contributed by atoms with van der Waals surface area (Å²) in [5.74, 6) is 1.72. The van der Waals surface area contributed by atoms with E-state index in [1.165, 1.54) is 0 Å². The van der Waals surface area contributed by atoms with Crippen LogP contribution in [0.1, 0.15) is 20.3 Å². The topological polar surface area (TPSA) is 64.7 Å². The smallest absolute Gasteiger partial charge is 0.161 e. The molecule has 0 spiro atoms. The van der Waals surface area contributed by atoms with Crippen LogP contribution in [-0.2, 0) is 0 Å². The Morgan fingerprint density at radius 2 is 1.83 bits per heavy atom. The van der Waals surface area contributed by atoms with Crippen molar-refractivity contribution >= 4 is 0 Å². The molecule has 0 fully saturated rings. The van der Waals surface area contributed by atoms with E-state index in [1.807, 2.05) is 24.3 Å². The molecule has 4 nitrogen and oxygen atoms in total. The van der Waals surface area contributed by atoms with E-state index < -0.39 is 6.10 Å². The molecule has 0 heterocycles. The number of para-hydroxylation sites is 2. The molecule has 0 bridgehead atoms. The van der Waals surface area contributed by atoms with Crippen molar-refractivity contribution in [3.05, 3.63) is 24.3 Å². The Morgan fingerprint density at radius 1 is 1.22 bits per heavy atom. The summed E-state index contributed by atoms with van der Waals surface area (Å²) in [5, 5.41) is 9.39. The molecule has 0 saturated heterocycles. The van der Waals surface area contributed by atoms with Gasteiger partial charge in [0, 0.05) is 6.04 Å². The van der Waals surface area contributed by atoms with E-state index in [2.05, 4.69) is 13.8 Å². The Kier molecular flexibility index (Phi) is 5.95. The van der Waals surface area contributed by atoms with Crippen LogP contribution in [0.15, 0.2) is 24.3 Å². The van der Waals surface area contributed by atoms with Crippen LogP contribution in [0.3, 0.4) is 0 Å². The molecule has 0 saturated carbocycles. The van der Waals surface area contributed by atoms with Crippen molar-refractivity contribution in [2.45, 2.75) is 32.4 Å². The highest BCUT2D eigenvalue weighted by Gasteiger charge is 2.21. The Hall–Kier alpha value is -1.26. The summed E-state index contributed by atoms with van der Waals surface area (Å²) in [7, 11) is 1.59. The molecule has 18 heavy (non-hydrogen) atoms. The molecule has 4 heteroatoms. The predicted octanol–water partition coefficient (Wildman–Crippen LogP) is 1.81. The quantitative estimate of drug-likeness (QED) is 0.778. The van der Waals surface area contributed by atoms with Crippen LogP contribution >= 0.6 is 0 Å². The summed E-state index contributed by atoms with van der Waals surface area (Å²) in [5.41, 5.74) is 6.04. The molecule has 1 aromatic rings. The van der Waals surface area contributed by atoms with Crippen molar-refractivity contribution in [1.82, 2.24) is 0 Å². The Bertz CT molecular complexity index is 355. The molecule has 102 valence electrons. The number of ether oxygens (including phenoxy) is 2. The summed E-state index contributed by atoms with van der Waals surface area (Å²) < 4.78 is 11.0. The van der Waals surface area contributed by atoms with Crippen molar-refractivity contribution in [1.29, 1.82) is 0 Å². The summed E-state index contributed by atoms with van der Waals surface area (Å²) in [6, 6.07) is 7.16. The standard InChI is InChI=1S/C14H23NO3/c1-10(2)8-11(15)14(9-16)18-13-7-5-4-6-12(13)17-3/h4-7,10-11,14,16H,8-9,15H2,1-3H3. The van der Waals surface area contributed by atoms with Gasteiger partial charge in [0.1, 0.15) is 6.10 Å². The van der Waals surface area contributed by atoms with E-state index in [4.69, 9.17) is 15.2 Å².